The molecule has 16 heavy (non-hydrogen) atoms. The van der Waals surface area contributed by atoms with Crippen LogP contribution in [0, 0.1) is 5.41 Å². The van der Waals surface area contributed by atoms with Crippen molar-refractivity contribution in [3.05, 3.63) is 29.8 Å². The van der Waals surface area contributed by atoms with E-state index in [0.29, 0.717) is 0 Å². The first kappa shape index (κ1) is 12.6. The maximum absolute atomic E-state index is 7.31. The Kier molecular flexibility index (Phi) is 4.83. The highest BCUT2D eigenvalue weighted by atomic mass is 15.1. The van der Waals surface area contributed by atoms with Gasteiger partial charge < -0.3 is 10.6 Å². The molecular formula is C13H21N3. The van der Waals surface area contributed by atoms with Crippen LogP contribution in [-0.4, -0.2) is 19.4 Å². The van der Waals surface area contributed by atoms with Gasteiger partial charge in [-0.1, -0.05) is 19.8 Å². The maximum Gasteiger partial charge on any atom is 0.122 e. The van der Waals surface area contributed by atoms with Crippen LogP contribution in [0.2, 0.25) is 0 Å². The van der Waals surface area contributed by atoms with Gasteiger partial charge in [0, 0.05) is 24.8 Å². The summed E-state index contributed by atoms with van der Waals surface area (Å²) in [6.07, 6.45) is 3.74. The minimum absolute atomic E-state index is 0.125. The number of hydrogen-bond donors (Lipinski definition) is 2. The summed E-state index contributed by atoms with van der Waals surface area (Å²) < 4.78 is 0. The Labute approximate surface area is 97.8 Å². The molecule has 3 nitrogen and oxygen atoms in total. The molecule has 3 N–H and O–H groups in total. The Hall–Kier alpha value is -1.51. The highest BCUT2D eigenvalue weighted by Gasteiger charge is 2.01. The van der Waals surface area contributed by atoms with E-state index in [1.54, 1.807) is 0 Å². The van der Waals surface area contributed by atoms with E-state index in [0.717, 1.165) is 12.1 Å². The van der Waals surface area contributed by atoms with Crippen LogP contribution in [0.15, 0.2) is 24.3 Å². The first-order valence-electron chi connectivity index (χ1n) is 5.80. The quantitative estimate of drug-likeness (QED) is 0.439. The Morgan fingerprint density at radius 2 is 1.88 bits per heavy atom. The van der Waals surface area contributed by atoms with Gasteiger partial charge in [0.25, 0.3) is 0 Å². The molecule has 0 spiro atoms. The zero-order valence-corrected chi connectivity index (χ0v) is 10.2. The fourth-order valence-electron chi connectivity index (χ4n) is 1.62. The molecule has 0 aromatic heterocycles. The number of amidine groups is 1. The van der Waals surface area contributed by atoms with E-state index in [1.165, 1.54) is 24.9 Å². The van der Waals surface area contributed by atoms with Gasteiger partial charge in [-0.2, -0.15) is 0 Å². The number of anilines is 1. The number of rotatable bonds is 6. The third kappa shape index (κ3) is 3.57. The molecule has 0 aliphatic carbocycles. The van der Waals surface area contributed by atoms with Gasteiger partial charge in [0.2, 0.25) is 0 Å². The van der Waals surface area contributed by atoms with E-state index in [9.17, 15) is 0 Å². The Bertz CT molecular complexity index is 330. The van der Waals surface area contributed by atoms with Crippen LogP contribution in [0.1, 0.15) is 31.7 Å². The fourth-order valence-corrected chi connectivity index (χ4v) is 1.62. The topological polar surface area (TPSA) is 53.1 Å². The molecule has 0 aliphatic rings. The number of nitrogens with one attached hydrogen (secondary N) is 1. The molecule has 1 aromatic carbocycles. The molecular weight excluding hydrogens is 198 g/mol. The number of unbranched alkanes of at least 4 members (excludes halogenated alkanes) is 2. The predicted molar refractivity (Wildman–Crippen MR) is 70.3 cm³/mol. The number of nitrogen functional groups attached to an aromatic ring is 1. The zero-order valence-electron chi connectivity index (χ0n) is 10.2. The molecule has 3 heteroatoms. The molecule has 88 valence electrons. The molecule has 0 amide bonds. The van der Waals surface area contributed by atoms with Crippen LogP contribution in [-0.2, 0) is 0 Å². The monoisotopic (exact) mass is 219 g/mol. The molecule has 1 aromatic rings. The van der Waals surface area contributed by atoms with Crippen molar-refractivity contribution < 1.29 is 0 Å². The van der Waals surface area contributed by atoms with Crippen molar-refractivity contribution in [2.75, 3.05) is 18.5 Å². The number of nitrogens with zero attached hydrogens (tertiary/aromatic N) is 1. The second-order valence-corrected chi connectivity index (χ2v) is 4.09. The van der Waals surface area contributed by atoms with Gasteiger partial charge in [0.05, 0.1) is 0 Å². The van der Waals surface area contributed by atoms with Gasteiger partial charge in [-0.3, -0.25) is 5.41 Å². The fraction of sp³-hybridized carbons (Fsp3) is 0.462. The van der Waals surface area contributed by atoms with Crippen LogP contribution < -0.4 is 10.6 Å². The molecule has 0 atom stereocenters. The SMILES string of the molecule is CCCCCN(C)c1ccc(C(=N)N)cc1. The molecule has 0 radical (unpaired) electrons. The van der Waals surface area contributed by atoms with Gasteiger partial charge in [-0.05, 0) is 30.7 Å². The van der Waals surface area contributed by atoms with Crippen LogP contribution in [0.3, 0.4) is 0 Å². The molecule has 0 saturated heterocycles. The Morgan fingerprint density at radius 3 is 2.38 bits per heavy atom. The van der Waals surface area contributed by atoms with Gasteiger partial charge in [-0.25, -0.2) is 0 Å². The van der Waals surface area contributed by atoms with E-state index in [-0.39, 0.29) is 5.84 Å². The van der Waals surface area contributed by atoms with Crippen molar-refractivity contribution in [1.29, 1.82) is 5.41 Å². The van der Waals surface area contributed by atoms with Crippen molar-refractivity contribution in [1.82, 2.24) is 0 Å². The van der Waals surface area contributed by atoms with Crippen molar-refractivity contribution in [2.45, 2.75) is 26.2 Å². The van der Waals surface area contributed by atoms with Crippen molar-refractivity contribution >= 4 is 11.5 Å². The Morgan fingerprint density at radius 1 is 1.25 bits per heavy atom. The molecule has 0 unspecified atom stereocenters. The van der Waals surface area contributed by atoms with E-state index >= 15 is 0 Å². The van der Waals surface area contributed by atoms with Crippen LogP contribution >= 0.6 is 0 Å². The summed E-state index contributed by atoms with van der Waals surface area (Å²) in [6, 6.07) is 7.83. The van der Waals surface area contributed by atoms with Crippen molar-refractivity contribution in [3.63, 3.8) is 0 Å². The van der Waals surface area contributed by atoms with E-state index < -0.39 is 0 Å². The summed E-state index contributed by atoms with van der Waals surface area (Å²) in [6.45, 7) is 3.29. The lowest BCUT2D eigenvalue weighted by molar-refractivity contribution is 0.705. The number of hydrogen-bond acceptors (Lipinski definition) is 2. The van der Waals surface area contributed by atoms with E-state index in [2.05, 4.69) is 18.9 Å². The summed E-state index contributed by atoms with van der Waals surface area (Å²) in [5.74, 6) is 0.125. The maximum atomic E-state index is 7.31. The van der Waals surface area contributed by atoms with Gasteiger partial charge in [0.15, 0.2) is 0 Å². The van der Waals surface area contributed by atoms with E-state index in [1.807, 2.05) is 24.3 Å². The van der Waals surface area contributed by atoms with Crippen molar-refractivity contribution in [3.8, 4) is 0 Å². The summed E-state index contributed by atoms with van der Waals surface area (Å²) in [7, 11) is 2.10. The molecule has 1 rings (SSSR count). The lowest BCUT2D eigenvalue weighted by Gasteiger charge is -2.19. The molecule has 0 heterocycles. The average molecular weight is 219 g/mol. The zero-order chi connectivity index (χ0) is 12.0. The van der Waals surface area contributed by atoms with Crippen LogP contribution in [0.25, 0.3) is 0 Å². The summed E-state index contributed by atoms with van der Waals surface area (Å²) >= 11 is 0. The summed E-state index contributed by atoms with van der Waals surface area (Å²) in [5, 5.41) is 7.31. The third-order valence-electron chi connectivity index (χ3n) is 2.72. The smallest absolute Gasteiger partial charge is 0.122 e. The predicted octanol–water partition coefficient (Wildman–Crippen LogP) is 2.60. The molecule has 0 saturated carbocycles. The Balaban J connectivity index is 2.56. The number of benzene rings is 1. The van der Waals surface area contributed by atoms with Crippen LogP contribution in [0.5, 0.6) is 0 Å². The first-order chi connectivity index (χ1) is 7.65. The second-order valence-electron chi connectivity index (χ2n) is 4.09. The lowest BCUT2D eigenvalue weighted by Crippen LogP contribution is -2.18. The first-order valence-corrected chi connectivity index (χ1v) is 5.80. The lowest BCUT2D eigenvalue weighted by atomic mass is 10.1. The highest BCUT2D eigenvalue weighted by Crippen LogP contribution is 2.14. The average Bonchev–Trinajstić information content (AvgIpc) is 2.29. The van der Waals surface area contributed by atoms with Gasteiger partial charge in [-0.15, -0.1) is 0 Å². The minimum atomic E-state index is 0.125. The van der Waals surface area contributed by atoms with Crippen LogP contribution in [0.4, 0.5) is 5.69 Å². The molecule has 0 aliphatic heterocycles. The third-order valence-corrected chi connectivity index (χ3v) is 2.72. The minimum Gasteiger partial charge on any atom is -0.384 e. The molecule has 0 bridgehead atoms. The normalized spacial score (nSPS) is 10.1. The van der Waals surface area contributed by atoms with Crippen molar-refractivity contribution in [2.24, 2.45) is 5.73 Å². The second kappa shape index (κ2) is 6.16. The highest BCUT2D eigenvalue weighted by molar-refractivity contribution is 5.95. The van der Waals surface area contributed by atoms with E-state index in [4.69, 9.17) is 11.1 Å². The molecule has 0 fully saturated rings. The number of nitrogens with two attached hydrogens (primary N) is 1. The van der Waals surface area contributed by atoms with Gasteiger partial charge in [0.1, 0.15) is 5.84 Å². The van der Waals surface area contributed by atoms with Gasteiger partial charge >= 0.3 is 0 Å². The summed E-state index contributed by atoms with van der Waals surface area (Å²) in [4.78, 5) is 2.24. The standard InChI is InChI=1S/C13H21N3/c1-3-4-5-10-16(2)12-8-6-11(7-9-12)13(14)15/h6-9H,3-5,10H2,1-2H3,(H3,14,15). The largest absolute Gasteiger partial charge is 0.384 e. The summed E-state index contributed by atoms with van der Waals surface area (Å²) in [5.41, 5.74) is 7.37.